The zero-order chi connectivity index (χ0) is 15.6. The van der Waals surface area contributed by atoms with Crippen molar-refractivity contribution in [3.05, 3.63) is 50.4 Å². The van der Waals surface area contributed by atoms with Crippen molar-refractivity contribution < 1.29 is 14.6 Å². The fourth-order valence-electron chi connectivity index (χ4n) is 1.64. The summed E-state index contributed by atoms with van der Waals surface area (Å²) < 4.78 is 5.71. The predicted molar refractivity (Wildman–Crippen MR) is 86.8 cm³/mol. The van der Waals surface area contributed by atoms with Gasteiger partial charge in [0.05, 0.1) is 22.7 Å². The van der Waals surface area contributed by atoms with Crippen LogP contribution in [0.15, 0.2) is 34.8 Å². The predicted octanol–water partition coefficient (Wildman–Crippen LogP) is 4.72. The van der Waals surface area contributed by atoms with Crippen LogP contribution >= 0.6 is 39.1 Å². The molecule has 0 bridgehead atoms. The van der Waals surface area contributed by atoms with Crippen LogP contribution in [0.4, 0.5) is 5.69 Å². The standard InChI is InChI=1S/C14H10BrCl2NO3/c1-21-8-2-3-10(15)9(6-8)14(20)18-7-4-11(16)13(19)12(17)5-7/h2-6,19H,1H3,(H,18,20). The Morgan fingerprint density at radius 1 is 1.24 bits per heavy atom. The number of halogens is 3. The Morgan fingerprint density at radius 2 is 1.86 bits per heavy atom. The molecule has 2 aromatic rings. The fourth-order valence-corrected chi connectivity index (χ4v) is 2.56. The van der Waals surface area contributed by atoms with Gasteiger partial charge in [0, 0.05) is 10.2 Å². The Balaban J connectivity index is 2.30. The number of phenolic OH excluding ortho intramolecular Hbond substituents is 1. The Morgan fingerprint density at radius 3 is 2.43 bits per heavy atom. The van der Waals surface area contributed by atoms with Crippen molar-refractivity contribution in [3.63, 3.8) is 0 Å². The van der Waals surface area contributed by atoms with Gasteiger partial charge < -0.3 is 15.2 Å². The lowest BCUT2D eigenvalue weighted by Crippen LogP contribution is -2.12. The summed E-state index contributed by atoms with van der Waals surface area (Å²) in [4.78, 5) is 12.3. The van der Waals surface area contributed by atoms with Gasteiger partial charge in [-0.05, 0) is 46.3 Å². The van der Waals surface area contributed by atoms with Gasteiger partial charge in [0.2, 0.25) is 0 Å². The zero-order valence-corrected chi connectivity index (χ0v) is 13.9. The van der Waals surface area contributed by atoms with Gasteiger partial charge in [-0.1, -0.05) is 23.2 Å². The first-order valence-electron chi connectivity index (χ1n) is 5.75. The van der Waals surface area contributed by atoms with Crippen molar-refractivity contribution in [1.29, 1.82) is 0 Å². The summed E-state index contributed by atoms with van der Waals surface area (Å²) in [6.45, 7) is 0. The number of ether oxygens (including phenoxy) is 1. The molecule has 0 aliphatic carbocycles. The minimum absolute atomic E-state index is 0.0579. The molecule has 0 aliphatic rings. The van der Waals surface area contributed by atoms with E-state index in [0.717, 1.165) is 0 Å². The molecule has 2 aromatic carbocycles. The van der Waals surface area contributed by atoms with Crippen molar-refractivity contribution in [2.24, 2.45) is 0 Å². The number of nitrogens with one attached hydrogen (secondary N) is 1. The molecule has 0 heterocycles. The van der Waals surface area contributed by atoms with Gasteiger partial charge >= 0.3 is 0 Å². The Bertz CT molecular complexity index is 684. The van der Waals surface area contributed by atoms with E-state index < -0.39 is 0 Å². The molecule has 0 atom stereocenters. The first kappa shape index (κ1) is 15.9. The number of anilines is 1. The third kappa shape index (κ3) is 3.61. The quantitative estimate of drug-likeness (QED) is 0.745. The molecular weight excluding hydrogens is 381 g/mol. The molecule has 0 saturated carbocycles. The summed E-state index contributed by atoms with van der Waals surface area (Å²) in [7, 11) is 1.52. The molecule has 0 radical (unpaired) electrons. The molecule has 7 heteroatoms. The number of benzene rings is 2. The highest BCUT2D eigenvalue weighted by atomic mass is 79.9. The summed E-state index contributed by atoms with van der Waals surface area (Å²) in [6.07, 6.45) is 0. The van der Waals surface area contributed by atoms with Gasteiger partial charge in [0.1, 0.15) is 5.75 Å². The smallest absolute Gasteiger partial charge is 0.256 e. The van der Waals surface area contributed by atoms with Gasteiger partial charge in [0.15, 0.2) is 5.75 Å². The van der Waals surface area contributed by atoms with Crippen molar-refractivity contribution in [2.75, 3.05) is 12.4 Å². The molecule has 0 aromatic heterocycles. The lowest BCUT2D eigenvalue weighted by Gasteiger charge is -2.10. The number of rotatable bonds is 3. The van der Waals surface area contributed by atoms with E-state index in [1.54, 1.807) is 18.2 Å². The van der Waals surface area contributed by atoms with Crippen LogP contribution in [0.25, 0.3) is 0 Å². The average molecular weight is 391 g/mol. The highest BCUT2D eigenvalue weighted by Crippen LogP contribution is 2.35. The topological polar surface area (TPSA) is 58.6 Å². The average Bonchev–Trinajstić information content (AvgIpc) is 2.45. The zero-order valence-electron chi connectivity index (χ0n) is 10.8. The van der Waals surface area contributed by atoms with Gasteiger partial charge in [0.25, 0.3) is 5.91 Å². The molecule has 2 N–H and O–H groups in total. The van der Waals surface area contributed by atoms with Gasteiger partial charge in [-0.25, -0.2) is 0 Å². The van der Waals surface area contributed by atoms with Crippen LogP contribution in [-0.2, 0) is 0 Å². The van der Waals surface area contributed by atoms with Crippen molar-refractivity contribution >= 4 is 50.7 Å². The summed E-state index contributed by atoms with van der Waals surface area (Å²) >= 11 is 14.9. The maximum absolute atomic E-state index is 12.3. The van der Waals surface area contributed by atoms with Crippen LogP contribution < -0.4 is 10.1 Å². The fraction of sp³-hybridized carbons (Fsp3) is 0.0714. The Kier molecular flexibility index (Phi) is 4.98. The van der Waals surface area contributed by atoms with Crippen LogP contribution in [0.5, 0.6) is 11.5 Å². The minimum atomic E-state index is -0.362. The number of hydrogen-bond donors (Lipinski definition) is 2. The van der Waals surface area contributed by atoms with Crippen LogP contribution in [0.1, 0.15) is 10.4 Å². The summed E-state index contributed by atoms with van der Waals surface area (Å²) in [5.41, 5.74) is 0.775. The molecule has 0 saturated heterocycles. The molecule has 4 nitrogen and oxygen atoms in total. The van der Waals surface area contributed by atoms with E-state index in [1.807, 2.05) is 0 Å². The van der Waals surface area contributed by atoms with Crippen LogP contribution in [0.2, 0.25) is 10.0 Å². The Hall–Kier alpha value is -1.43. The van der Waals surface area contributed by atoms with E-state index in [0.29, 0.717) is 21.5 Å². The lowest BCUT2D eigenvalue weighted by atomic mass is 10.2. The number of methoxy groups -OCH3 is 1. The number of aromatic hydroxyl groups is 1. The van der Waals surface area contributed by atoms with E-state index in [2.05, 4.69) is 21.2 Å². The second-order valence-corrected chi connectivity index (χ2v) is 5.76. The van der Waals surface area contributed by atoms with Gasteiger partial charge in [-0.15, -0.1) is 0 Å². The minimum Gasteiger partial charge on any atom is -0.505 e. The first-order chi connectivity index (χ1) is 9.92. The maximum Gasteiger partial charge on any atom is 0.256 e. The normalized spacial score (nSPS) is 10.3. The third-order valence-corrected chi connectivity index (χ3v) is 3.96. The molecule has 0 fully saturated rings. The molecule has 1 amide bonds. The molecule has 21 heavy (non-hydrogen) atoms. The maximum atomic E-state index is 12.3. The van der Waals surface area contributed by atoms with Gasteiger partial charge in [-0.2, -0.15) is 0 Å². The highest BCUT2D eigenvalue weighted by molar-refractivity contribution is 9.10. The second-order valence-electron chi connectivity index (χ2n) is 4.09. The largest absolute Gasteiger partial charge is 0.505 e. The third-order valence-electron chi connectivity index (χ3n) is 2.69. The van der Waals surface area contributed by atoms with Crippen LogP contribution in [-0.4, -0.2) is 18.1 Å². The van der Waals surface area contributed by atoms with E-state index in [4.69, 9.17) is 27.9 Å². The van der Waals surface area contributed by atoms with Gasteiger partial charge in [-0.3, -0.25) is 4.79 Å². The first-order valence-corrected chi connectivity index (χ1v) is 7.30. The van der Waals surface area contributed by atoms with Crippen LogP contribution in [0, 0.1) is 0 Å². The lowest BCUT2D eigenvalue weighted by molar-refractivity contribution is 0.102. The van der Waals surface area contributed by atoms with Crippen LogP contribution in [0.3, 0.4) is 0 Å². The summed E-state index contributed by atoms with van der Waals surface area (Å²) in [6, 6.07) is 7.87. The molecular formula is C14H10BrCl2NO3. The highest BCUT2D eigenvalue weighted by Gasteiger charge is 2.14. The Labute approximate surface area is 139 Å². The molecule has 0 spiro atoms. The van der Waals surface area contributed by atoms with Crippen molar-refractivity contribution in [1.82, 2.24) is 0 Å². The molecule has 110 valence electrons. The molecule has 0 unspecified atom stereocenters. The van der Waals surface area contributed by atoms with E-state index >= 15 is 0 Å². The van der Waals surface area contributed by atoms with Crippen molar-refractivity contribution in [3.8, 4) is 11.5 Å². The van der Waals surface area contributed by atoms with Crippen molar-refractivity contribution in [2.45, 2.75) is 0 Å². The summed E-state index contributed by atoms with van der Waals surface area (Å²) in [5, 5.41) is 12.3. The monoisotopic (exact) mass is 389 g/mol. The summed E-state index contributed by atoms with van der Waals surface area (Å²) in [5.74, 6) is -0.0254. The van der Waals surface area contributed by atoms with E-state index in [9.17, 15) is 9.90 Å². The second kappa shape index (κ2) is 6.56. The SMILES string of the molecule is COc1ccc(Br)c(C(=O)Nc2cc(Cl)c(O)c(Cl)c2)c1. The van der Waals surface area contributed by atoms with E-state index in [-0.39, 0.29) is 21.7 Å². The number of phenols is 1. The molecule has 0 aliphatic heterocycles. The number of amides is 1. The number of carbonyl (C=O) groups is 1. The van der Waals surface area contributed by atoms with E-state index in [1.165, 1.54) is 19.2 Å². The number of carbonyl (C=O) groups excluding carboxylic acids is 1. The molecule has 2 rings (SSSR count). The number of hydrogen-bond acceptors (Lipinski definition) is 3.